The normalized spacial score (nSPS) is 42.9. The number of rotatable bonds is 16. The first-order valence-electron chi connectivity index (χ1n) is 16.8. The van der Waals surface area contributed by atoms with Gasteiger partial charge in [-0.3, -0.25) is 0 Å². The van der Waals surface area contributed by atoms with Gasteiger partial charge in [0.2, 0.25) is 0 Å². The second kappa shape index (κ2) is 21.2. The molecule has 57 heavy (non-hydrogen) atoms. The predicted octanol–water partition coefficient (Wildman–Crippen LogP) is -1.03. The van der Waals surface area contributed by atoms with Gasteiger partial charge in [0.25, 0.3) is 0 Å². The van der Waals surface area contributed by atoms with Crippen LogP contribution in [-0.2, 0) is 28.4 Å². The molecule has 0 amide bonds. The second-order valence-corrected chi connectivity index (χ2v) is 12.9. The lowest BCUT2D eigenvalue weighted by Crippen LogP contribution is -2.64. The molecule has 4 aliphatic rings. The van der Waals surface area contributed by atoms with E-state index in [1.807, 2.05) is 0 Å². The molecule has 0 aromatic rings. The molecule has 8 N–H and O–H groups in total. The highest BCUT2D eigenvalue weighted by Crippen LogP contribution is 2.36. The van der Waals surface area contributed by atoms with E-state index in [1.54, 1.807) is 0 Å². The Labute approximate surface area is 317 Å². The standard InChI is InChI=1S/C25H38N18O14/c26-38-32-6-1-8(34-40-28)20(18(50)14(6)46)56-24-12(36-42-30)22(16(48)10(3-44)54-24)52-5-53-23-13(37-43-31)25(55-11(4-45)17(23)49)57-21-9(35-41-29)2-7(33-39-27)15(47)19(21)51/h6-25,44-51H,1-5H2/t6-,7+,8?,9?,10?,11?,12?,13?,14?,15?,16+,17-,18-,19+,20+,21-,22-,23+,24+,25-. The number of aliphatic hydroxyl groups excluding tert-OH is 8. The molecule has 2 saturated heterocycles. The van der Waals surface area contributed by atoms with Gasteiger partial charge in [0.15, 0.2) is 12.6 Å². The Morgan fingerprint density at radius 1 is 0.456 bits per heavy atom. The highest BCUT2D eigenvalue weighted by atomic mass is 16.7. The summed E-state index contributed by atoms with van der Waals surface area (Å²) in [6.45, 7) is -2.75. The molecule has 20 atom stereocenters. The summed E-state index contributed by atoms with van der Waals surface area (Å²) in [5, 5.41) is 106. The molecule has 2 saturated carbocycles. The van der Waals surface area contributed by atoms with Gasteiger partial charge in [-0.1, -0.05) is 30.7 Å². The fraction of sp³-hybridized carbons (Fsp3) is 1.00. The zero-order chi connectivity index (χ0) is 41.8. The predicted molar refractivity (Wildman–Crippen MR) is 179 cm³/mol. The van der Waals surface area contributed by atoms with E-state index in [9.17, 15) is 51.9 Å². The van der Waals surface area contributed by atoms with E-state index >= 15 is 0 Å². The summed E-state index contributed by atoms with van der Waals surface area (Å²) in [5.74, 6) is 0. The van der Waals surface area contributed by atoms with Crippen LogP contribution >= 0.6 is 0 Å². The number of aliphatic hydroxyl groups is 8. The number of azide groups is 6. The first-order chi connectivity index (χ1) is 27.4. The van der Waals surface area contributed by atoms with E-state index in [2.05, 4.69) is 60.2 Å². The first kappa shape index (κ1) is 45.0. The van der Waals surface area contributed by atoms with E-state index in [0.29, 0.717) is 0 Å². The molecule has 4 rings (SSSR count). The summed E-state index contributed by atoms with van der Waals surface area (Å²) < 4.78 is 34.3. The number of hydrogen-bond acceptors (Lipinski definition) is 20. The Bertz CT molecular complexity index is 1550. The van der Waals surface area contributed by atoms with Crippen LogP contribution in [0.1, 0.15) is 12.8 Å². The maximum atomic E-state index is 11.1. The van der Waals surface area contributed by atoms with Crippen LogP contribution in [0, 0.1) is 0 Å². The molecule has 4 fully saturated rings. The summed E-state index contributed by atoms with van der Waals surface area (Å²) in [7, 11) is 0. The molecule has 8 unspecified atom stereocenters. The molecule has 32 heteroatoms. The summed E-state index contributed by atoms with van der Waals surface area (Å²) in [6.07, 6.45) is -24.7. The zero-order valence-corrected chi connectivity index (χ0v) is 29.2. The number of ether oxygens (including phenoxy) is 6. The van der Waals surface area contributed by atoms with Crippen LogP contribution in [-0.4, -0.2) is 183 Å². The van der Waals surface area contributed by atoms with Crippen molar-refractivity contribution in [1.29, 1.82) is 0 Å². The van der Waals surface area contributed by atoms with Crippen molar-refractivity contribution in [1.82, 2.24) is 0 Å². The zero-order valence-electron chi connectivity index (χ0n) is 29.2. The van der Waals surface area contributed by atoms with Crippen molar-refractivity contribution < 1.29 is 69.3 Å². The van der Waals surface area contributed by atoms with Gasteiger partial charge in [-0.05, 0) is 46.0 Å². The van der Waals surface area contributed by atoms with Crippen molar-refractivity contribution in [2.45, 2.75) is 135 Å². The number of nitrogens with zero attached hydrogens (tertiary/aromatic N) is 18. The molecule has 0 radical (unpaired) electrons. The Hall–Kier alpha value is -4.70. The lowest BCUT2D eigenvalue weighted by atomic mass is 9.84. The van der Waals surface area contributed by atoms with Crippen molar-refractivity contribution in [3.8, 4) is 0 Å². The molecule has 32 nitrogen and oxygen atoms in total. The topological polar surface area (TPSA) is 510 Å². The van der Waals surface area contributed by atoms with E-state index in [0.717, 1.165) is 0 Å². The van der Waals surface area contributed by atoms with Crippen molar-refractivity contribution in [2.75, 3.05) is 20.0 Å². The van der Waals surface area contributed by atoms with Gasteiger partial charge in [0.1, 0.15) is 67.7 Å². The van der Waals surface area contributed by atoms with Crippen LogP contribution in [0.3, 0.4) is 0 Å². The molecular weight excluding hydrogens is 776 g/mol. The van der Waals surface area contributed by atoms with Gasteiger partial charge in [-0.2, -0.15) is 0 Å². The van der Waals surface area contributed by atoms with Gasteiger partial charge in [0.05, 0.1) is 61.8 Å². The highest BCUT2D eigenvalue weighted by Gasteiger charge is 2.53. The molecule has 2 aliphatic heterocycles. The van der Waals surface area contributed by atoms with Crippen LogP contribution in [0.4, 0.5) is 0 Å². The molecule has 0 spiro atoms. The largest absolute Gasteiger partial charge is 0.394 e. The van der Waals surface area contributed by atoms with Crippen LogP contribution in [0.25, 0.3) is 62.7 Å². The molecular formula is C25H38N18O14. The number of hydrogen-bond donors (Lipinski definition) is 8. The Morgan fingerprint density at radius 2 is 0.789 bits per heavy atom. The Morgan fingerprint density at radius 3 is 1.11 bits per heavy atom. The van der Waals surface area contributed by atoms with Gasteiger partial charge >= 0.3 is 0 Å². The first-order valence-corrected chi connectivity index (χ1v) is 16.8. The minimum Gasteiger partial charge on any atom is -0.394 e. The summed E-state index contributed by atoms with van der Waals surface area (Å²) >= 11 is 0. The lowest BCUT2D eigenvalue weighted by molar-refractivity contribution is -0.320. The van der Waals surface area contributed by atoms with Crippen molar-refractivity contribution in [3.63, 3.8) is 0 Å². The van der Waals surface area contributed by atoms with Gasteiger partial charge in [-0.25, -0.2) is 0 Å². The van der Waals surface area contributed by atoms with Crippen molar-refractivity contribution in [3.05, 3.63) is 62.7 Å². The van der Waals surface area contributed by atoms with Crippen LogP contribution in [0.15, 0.2) is 30.7 Å². The SMILES string of the molecule is [N-]=[N+]=NC1C[C@H](N=[N+]=[N-])C(O)[C@H](O)[C@@H]1O[C@H]1OC(CO)[C@@H](O)[C@@H](OCO[C@@H]2C(N=[N+]=[N-])[C@H](O[C@H]3C(N=[N+]=[N-])C[C@@H](N=[N+]=[N-])C(O)[C@H]3O)OC(CO)[C@@H]2O)C1N=[N+]=[N-]. The van der Waals surface area contributed by atoms with Crippen molar-refractivity contribution >= 4 is 0 Å². The summed E-state index contributed by atoms with van der Waals surface area (Å²) in [6, 6.07) is -8.46. The van der Waals surface area contributed by atoms with Crippen molar-refractivity contribution in [2.24, 2.45) is 30.7 Å². The third-order valence-electron chi connectivity index (χ3n) is 9.80. The molecule has 2 heterocycles. The quantitative estimate of drug-likeness (QED) is 0.0400. The molecule has 0 bridgehead atoms. The summed E-state index contributed by atoms with van der Waals surface area (Å²) in [5.41, 5.74) is 54.8. The van der Waals surface area contributed by atoms with Crippen LogP contribution < -0.4 is 0 Å². The Balaban J connectivity index is 1.58. The van der Waals surface area contributed by atoms with Crippen LogP contribution in [0.5, 0.6) is 0 Å². The van der Waals surface area contributed by atoms with Gasteiger partial charge in [-0.15, -0.1) is 0 Å². The Kier molecular flexibility index (Phi) is 16.7. The van der Waals surface area contributed by atoms with Gasteiger partial charge < -0.3 is 69.3 Å². The monoisotopic (exact) mass is 814 g/mol. The molecule has 2 aliphatic carbocycles. The highest BCUT2D eigenvalue weighted by molar-refractivity contribution is 5.04. The average molecular weight is 815 g/mol. The molecule has 0 aromatic carbocycles. The smallest absolute Gasteiger partial charge is 0.169 e. The van der Waals surface area contributed by atoms with E-state index < -0.39 is 142 Å². The summed E-state index contributed by atoms with van der Waals surface area (Å²) in [4.78, 5) is 16.0. The molecule has 312 valence electrons. The molecule has 0 aromatic heterocycles. The maximum Gasteiger partial charge on any atom is 0.169 e. The lowest BCUT2D eigenvalue weighted by Gasteiger charge is -2.47. The van der Waals surface area contributed by atoms with Crippen LogP contribution in [0.2, 0.25) is 0 Å². The minimum atomic E-state index is -1.88. The minimum absolute atomic E-state index is 0.308. The van der Waals surface area contributed by atoms with E-state index in [4.69, 9.17) is 50.5 Å². The third-order valence-corrected chi connectivity index (χ3v) is 9.80. The maximum absolute atomic E-state index is 11.1. The average Bonchev–Trinajstić information content (AvgIpc) is 3.19. The fourth-order valence-corrected chi connectivity index (χ4v) is 7.00. The fourth-order valence-electron chi connectivity index (χ4n) is 7.00. The van der Waals surface area contributed by atoms with Gasteiger partial charge in [0, 0.05) is 29.5 Å². The van der Waals surface area contributed by atoms with E-state index in [-0.39, 0.29) is 12.8 Å². The van der Waals surface area contributed by atoms with E-state index in [1.165, 1.54) is 0 Å². The second-order valence-electron chi connectivity index (χ2n) is 12.9. The third kappa shape index (κ3) is 10.1.